The van der Waals surface area contributed by atoms with Gasteiger partial charge in [-0.1, -0.05) is 41.9 Å². The Morgan fingerprint density at radius 2 is 1.59 bits per heavy atom. The number of nitrogens with zero attached hydrogens (tertiary/aromatic N) is 4. The summed E-state index contributed by atoms with van der Waals surface area (Å²) in [6.45, 7) is 2.92. The fourth-order valence-electron chi connectivity index (χ4n) is 6.64. The molecule has 0 unspecified atom stereocenters. The standard InChI is InChI=1S/C30H36ClF3N4O3/c1-35(2)27(39)25-11-10-22(16-26(25)31)38-23-8-9-24(38)19-36(18-23)17-20-12-14-37(15-13-20)28(40)29(41,30(32,33)34)21-6-4-3-5-7-21/h3-7,10-11,16,20,23-24,41H,8-9,12-15,17-19H2,1-2H3/t23-,24+,29-/m1/s1. The molecule has 3 heterocycles. The Hall–Kier alpha value is -2.82. The highest BCUT2D eigenvalue weighted by Crippen LogP contribution is 2.41. The van der Waals surface area contributed by atoms with E-state index < -0.39 is 23.2 Å². The third-order valence-electron chi connectivity index (χ3n) is 8.77. The molecule has 41 heavy (non-hydrogen) atoms. The molecule has 222 valence electrons. The summed E-state index contributed by atoms with van der Waals surface area (Å²) in [6.07, 6.45) is -1.85. The van der Waals surface area contributed by atoms with Crippen molar-refractivity contribution in [2.75, 3.05) is 51.7 Å². The van der Waals surface area contributed by atoms with E-state index in [-0.39, 0.29) is 24.9 Å². The van der Waals surface area contributed by atoms with E-state index in [9.17, 15) is 27.9 Å². The molecule has 3 atom stereocenters. The molecule has 1 N–H and O–H groups in total. The molecule has 5 rings (SSSR count). The normalized spacial score (nSPS) is 23.4. The zero-order chi connectivity index (χ0) is 29.5. The molecule has 0 radical (unpaired) electrons. The maximum absolute atomic E-state index is 14.0. The number of halogens is 4. The lowest BCUT2D eigenvalue weighted by Crippen LogP contribution is -2.58. The highest BCUT2D eigenvalue weighted by atomic mass is 35.5. The van der Waals surface area contributed by atoms with Crippen LogP contribution < -0.4 is 4.90 Å². The largest absolute Gasteiger partial charge is 0.430 e. The lowest BCUT2D eigenvalue weighted by atomic mass is 9.89. The van der Waals surface area contributed by atoms with Crippen molar-refractivity contribution in [2.45, 2.75) is 49.5 Å². The minimum Gasteiger partial charge on any atom is -0.369 e. The van der Waals surface area contributed by atoms with Crippen LogP contribution in [0, 0.1) is 5.92 Å². The zero-order valence-corrected chi connectivity index (χ0v) is 24.0. The second-order valence-corrected chi connectivity index (χ2v) is 12.1. The summed E-state index contributed by atoms with van der Waals surface area (Å²) in [5.41, 5.74) is -2.53. The Balaban J connectivity index is 1.18. The molecule has 3 fully saturated rings. The molecule has 3 saturated heterocycles. The maximum atomic E-state index is 14.0. The summed E-state index contributed by atoms with van der Waals surface area (Å²) in [5, 5.41) is 11.1. The Morgan fingerprint density at radius 3 is 2.12 bits per heavy atom. The van der Waals surface area contributed by atoms with Gasteiger partial charge in [-0.15, -0.1) is 0 Å². The van der Waals surface area contributed by atoms with Crippen LogP contribution in [0.1, 0.15) is 41.6 Å². The molecule has 0 aromatic heterocycles. The number of aliphatic hydroxyl groups is 1. The second kappa shape index (κ2) is 11.5. The van der Waals surface area contributed by atoms with Crippen molar-refractivity contribution in [3.05, 3.63) is 64.7 Å². The average Bonchev–Trinajstić information content (AvgIpc) is 3.21. The topological polar surface area (TPSA) is 67.3 Å². The summed E-state index contributed by atoms with van der Waals surface area (Å²) in [4.78, 5) is 32.9. The van der Waals surface area contributed by atoms with Gasteiger partial charge in [0.15, 0.2) is 0 Å². The Labute approximate surface area is 243 Å². The molecule has 7 nitrogen and oxygen atoms in total. The number of carbonyl (C=O) groups excluding carboxylic acids is 2. The van der Waals surface area contributed by atoms with Gasteiger partial charge in [0.05, 0.1) is 10.6 Å². The highest BCUT2D eigenvalue weighted by molar-refractivity contribution is 6.34. The van der Waals surface area contributed by atoms with Crippen LogP contribution in [0.5, 0.6) is 0 Å². The number of likely N-dealkylation sites (tertiary alicyclic amines) is 2. The molecule has 2 aromatic carbocycles. The number of piperazine rings is 1. The minimum absolute atomic E-state index is 0.134. The lowest BCUT2D eigenvalue weighted by molar-refractivity contribution is -0.262. The summed E-state index contributed by atoms with van der Waals surface area (Å²) in [6, 6.07) is 12.8. The Kier molecular flexibility index (Phi) is 8.29. The van der Waals surface area contributed by atoms with Crippen molar-refractivity contribution in [1.82, 2.24) is 14.7 Å². The molecule has 2 bridgehead atoms. The van der Waals surface area contributed by atoms with Crippen LogP contribution in [0.25, 0.3) is 0 Å². The number of rotatable bonds is 6. The van der Waals surface area contributed by atoms with Crippen LogP contribution in [-0.2, 0) is 10.4 Å². The van der Waals surface area contributed by atoms with E-state index in [0.717, 1.165) is 55.2 Å². The van der Waals surface area contributed by atoms with E-state index in [2.05, 4.69) is 9.80 Å². The molecule has 0 spiro atoms. The molecule has 2 amide bonds. The first-order chi connectivity index (χ1) is 19.4. The van der Waals surface area contributed by atoms with E-state index in [1.807, 2.05) is 12.1 Å². The summed E-state index contributed by atoms with van der Waals surface area (Å²) in [5.74, 6) is -1.19. The number of benzene rings is 2. The van der Waals surface area contributed by atoms with Crippen LogP contribution >= 0.6 is 11.6 Å². The van der Waals surface area contributed by atoms with Gasteiger partial charge in [-0.25, -0.2) is 0 Å². The third kappa shape index (κ3) is 5.66. The van der Waals surface area contributed by atoms with E-state index in [1.54, 1.807) is 26.2 Å². The van der Waals surface area contributed by atoms with Gasteiger partial charge in [-0.3, -0.25) is 14.5 Å². The van der Waals surface area contributed by atoms with Gasteiger partial charge in [-0.2, -0.15) is 13.2 Å². The molecule has 0 saturated carbocycles. The molecule has 2 aromatic rings. The van der Waals surface area contributed by atoms with Crippen molar-refractivity contribution in [3.63, 3.8) is 0 Å². The van der Waals surface area contributed by atoms with Crippen LogP contribution in [-0.4, -0.2) is 96.7 Å². The summed E-state index contributed by atoms with van der Waals surface area (Å²) >= 11 is 6.49. The number of hydrogen-bond donors (Lipinski definition) is 1. The predicted octanol–water partition coefficient (Wildman–Crippen LogP) is 4.38. The number of carbonyl (C=O) groups is 2. The van der Waals surface area contributed by atoms with E-state index >= 15 is 0 Å². The maximum Gasteiger partial charge on any atom is 0.430 e. The predicted molar refractivity (Wildman–Crippen MR) is 151 cm³/mol. The molecule has 11 heteroatoms. The number of alkyl halides is 3. The van der Waals surface area contributed by atoms with Crippen molar-refractivity contribution < 1.29 is 27.9 Å². The smallest absolute Gasteiger partial charge is 0.369 e. The zero-order valence-electron chi connectivity index (χ0n) is 23.3. The summed E-state index contributed by atoms with van der Waals surface area (Å²) in [7, 11) is 3.39. The lowest BCUT2D eigenvalue weighted by Gasteiger charge is -2.44. The molecular formula is C30H36ClF3N4O3. The molecule has 3 aliphatic rings. The van der Waals surface area contributed by atoms with E-state index in [4.69, 9.17) is 11.6 Å². The fraction of sp³-hybridized carbons (Fsp3) is 0.533. The number of piperidine rings is 1. The molecular weight excluding hydrogens is 557 g/mol. The van der Waals surface area contributed by atoms with E-state index in [0.29, 0.717) is 35.5 Å². The van der Waals surface area contributed by atoms with Crippen LogP contribution in [0.4, 0.5) is 18.9 Å². The van der Waals surface area contributed by atoms with Gasteiger partial charge in [0.1, 0.15) is 0 Å². The SMILES string of the molecule is CN(C)C(=O)c1ccc(N2[C@@H]3CC[C@H]2CN(CC2CCN(C(=O)[C@](O)(c4ccccc4)C(F)(F)F)CC2)C3)cc1Cl. The third-order valence-corrected chi connectivity index (χ3v) is 9.09. The fourth-order valence-corrected chi connectivity index (χ4v) is 6.90. The first-order valence-electron chi connectivity index (χ1n) is 14.1. The number of fused-ring (bicyclic) bond motifs is 2. The first kappa shape index (κ1) is 29.7. The van der Waals surface area contributed by atoms with E-state index in [1.165, 1.54) is 17.0 Å². The first-order valence-corrected chi connectivity index (χ1v) is 14.4. The Morgan fingerprint density at radius 1 is 0.976 bits per heavy atom. The minimum atomic E-state index is -5.13. The van der Waals surface area contributed by atoms with Gasteiger partial charge in [0.2, 0.25) is 0 Å². The Bertz CT molecular complexity index is 1260. The van der Waals surface area contributed by atoms with Crippen molar-refractivity contribution >= 4 is 29.1 Å². The molecule has 0 aliphatic carbocycles. The van der Waals surface area contributed by atoms with Gasteiger partial charge in [0.25, 0.3) is 17.4 Å². The highest BCUT2D eigenvalue weighted by Gasteiger charge is 2.62. The van der Waals surface area contributed by atoms with Crippen molar-refractivity contribution in [1.29, 1.82) is 0 Å². The van der Waals surface area contributed by atoms with Gasteiger partial charge >= 0.3 is 6.18 Å². The number of hydrogen-bond acceptors (Lipinski definition) is 5. The van der Waals surface area contributed by atoms with Crippen molar-refractivity contribution in [2.24, 2.45) is 5.92 Å². The van der Waals surface area contributed by atoms with Gasteiger partial charge in [-0.05, 0) is 49.8 Å². The van der Waals surface area contributed by atoms with Crippen LogP contribution in [0.2, 0.25) is 5.02 Å². The van der Waals surface area contributed by atoms with Gasteiger partial charge in [0, 0.05) is 70.2 Å². The quantitative estimate of drug-likeness (QED) is 0.539. The summed E-state index contributed by atoms with van der Waals surface area (Å²) < 4.78 is 42.0. The average molecular weight is 593 g/mol. The number of amides is 2. The second-order valence-electron chi connectivity index (χ2n) is 11.7. The van der Waals surface area contributed by atoms with Crippen LogP contribution in [0.3, 0.4) is 0 Å². The van der Waals surface area contributed by atoms with Crippen molar-refractivity contribution in [3.8, 4) is 0 Å². The van der Waals surface area contributed by atoms with Crippen LogP contribution in [0.15, 0.2) is 48.5 Å². The number of anilines is 1. The molecule has 3 aliphatic heterocycles. The monoisotopic (exact) mass is 592 g/mol. The van der Waals surface area contributed by atoms with Gasteiger partial charge < -0.3 is 19.8 Å².